The third-order valence-electron chi connectivity index (χ3n) is 3.91. The molecule has 0 bridgehead atoms. The zero-order chi connectivity index (χ0) is 13.7. The van der Waals surface area contributed by atoms with Crippen molar-refractivity contribution in [3.63, 3.8) is 0 Å². The predicted octanol–water partition coefficient (Wildman–Crippen LogP) is 1.85. The minimum Gasteiger partial charge on any atom is -0.374 e. The van der Waals surface area contributed by atoms with Gasteiger partial charge in [-0.3, -0.25) is 0 Å². The maximum atomic E-state index is 5.97. The topological polar surface area (TPSA) is 24.5 Å². The maximum absolute atomic E-state index is 5.97. The van der Waals surface area contributed by atoms with E-state index >= 15 is 0 Å². The highest BCUT2D eigenvalue weighted by atomic mass is 16.5. The second-order valence-electron chi connectivity index (χ2n) is 5.47. The summed E-state index contributed by atoms with van der Waals surface area (Å²) in [6.45, 7) is 8.24. The molecule has 1 fully saturated rings. The van der Waals surface area contributed by atoms with Crippen LogP contribution in [0.2, 0.25) is 0 Å². The highest BCUT2D eigenvalue weighted by Gasteiger charge is 2.26. The van der Waals surface area contributed by atoms with Crippen molar-refractivity contribution in [2.75, 3.05) is 33.3 Å². The fraction of sp³-hybridized carbons (Fsp3) is 0.625. The molecule has 3 heteroatoms. The Hall–Kier alpha value is -0.900. The Bertz CT molecular complexity index is 394. The lowest BCUT2D eigenvalue weighted by atomic mass is 9.97. The van der Waals surface area contributed by atoms with Crippen LogP contribution in [0.4, 0.5) is 0 Å². The van der Waals surface area contributed by atoms with Crippen molar-refractivity contribution in [2.24, 2.45) is 0 Å². The number of hydrogen-bond donors (Lipinski definition) is 1. The van der Waals surface area contributed by atoms with E-state index in [2.05, 4.69) is 55.4 Å². The molecule has 1 aromatic carbocycles. The van der Waals surface area contributed by atoms with Crippen molar-refractivity contribution >= 4 is 0 Å². The molecule has 1 aliphatic rings. The van der Waals surface area contributed by atoms with Crippen LogP contribution in [-0.2, 0) is 11.2 Å². The number of hydrogen-bond acceptors (Lipinski definition) is 3. The summed E-state index contributed by atoms with van der Waals surface area (Å²) in [6.07, 6.45) is 1.33. The van der Waals surface area contributed by atoms with Gasteiger partial charge in [-0.15, -0.1) is 0 Å². The van der Waals surface area contributed by atoms with Gasteiger partial charge in [-0.05, 0) is 38.1 Å². The van der Waals surface area contributed by atoms with Gasteiger partial charge < -0.3 is 15.0 Å². The Morgan fingerprint density at radius 1 is 1.42 bits per heavy atom. The lowest BCUT2D eigenvalue weighted by Crippen LogP contribution is -2.52. The van der Waals surface area contributed by atoms with Crippen LogP contribution in [0.3, 0.4) is 0 Å². The summed E-state index contributed by atoms with van der Waals surface area (Å²) in [6, 6.07) is 9.04. The van der Waals surface area contributed by atoms with Crippen molar-refractivity contribution in [3.8, 4) is 0 Å². The molecule has 2 rings (SSSR count). The third kappa shape index (κ3) is 4.03. The van der Waals surface area contributed by atoms with E-state index < -0.39 is 0 Å². The van der Waals surface area contributed by atoms with Gasteiger partial charge in [-0.2, -0.15) is 0 Å². The Morgan fingerprint density at radius 2 is 2.21 bits per heavy atom. The van der Waals surface area contributed by atoms with Crippen LogP contribution < -0.4 is 5.32 Å². The summed E-state index contributed by atoms with van der Waals surface area (Å²) >= 11 is 0. The van der Waals surface area contributed by atoms with Crippen LogP contribution >= 0.6 is 0 Å². The number of likely N-dealkylation sites (N-methyl/N-ethyl adjacent to an activating group) is 2. The van der Waals surface area contributed by atoms with E-state index in [1.165, 1.54) is 11.1 Å². The number of rotatable bonds is 5. The summed E-state index contributed by atoms with van der Waals surface area (Å²) in [5, 5.41) is 3.60. The van der Waals surface area contributed by atoms with Gasteiger partial charge in [0, 0.05) is 19.1 Å². The molecule has 2 unspecified atom stereocenters. The minimum absolute atomic E-state index is 0.290. The molecular formula is C16H26N2O. The van der Waals surface area contributed by atoms with Crippen LogP contribution in [-0.4, -0.2) is 50.3 Å². The number of aryl methyl sites for hydroxylation is 1. The van der Waals surface area contributed by atoms with Crippen LogP contribution in [0, 0.1) is 6.92 Å². The van der Waals surface area contributed by atoms with E-state index in [4.69, 9.17) is 4.74 Å². The van der Waals surface area contributed by atoms with Gasteiger partial charge >= 0.3 is 0 Å². The van der Waals surface area contributed by atoms with Gasteiger partial charge in [0.2, 0.25) is 0 Å². The van der Waals surface area contributed by atoms with Gasteiger partial charge in [0.1, 0.15) is 0 Å². The Morgan fingerprint density at radius 3 is 2.89 bits per heavy atom. The van der Waals surface area contributed by atoms with Gasteiger partial charge in [0.25, 0.3) is 0 Å². The lowest BCUT2D eigenvalue weighted by Gasteiger charge is -2.35. The molecule has 1 aliphatic heterocycles. The highest BCUT2D eigenvalue weighted by Crippen LogP contribution is 2.15. The number of morpholine rings is 1. The molecular weight excluding hydrogens is 236 g/mol. The first kappa shape index (κ1) is 14.5. The summed E-state index contributed by atoms with van der Waals surface area (Å²) in [5.74, 6) is 0. The van der Waals surface area contributed by atoms with Gasteiger partial charge in [0.05, 0.1) is 12.7 Å². The molecule has 1 N–H and O–H groups in total. The summed E-state index contributed by atoms with van der Waals surface area (Å²) in [7, 11) is 2.17. The zero-order valence-corrected chi connectivity index (χ0v) is 12.4. The average Bonchev–Trinajstić information content (AvgIpc) is 2.40. The van der Waals surface area contributed by atoms with E-state index in [1.54, 1.807) is 0 Å². The molecule has 1 heterocycles. The number of benzene rings is 1. The SMILES string of the molecule is CCNC(Cc1ccccc1C)C1CN(C)CCO1. The zero-order valence-electron chi connectivity index (χ0n) is 12.4. The van der Waals surface area contributed by atoms with Crippen molar-refractivity contribution in [3.05, 3.63) is 35.4 Å². The molecule has 19 heavy (non-hydrogen) atoms. The van der Waals surface area contributed by atoms with Crippen molar-refractivity contribution in [1.82, 2.24) is 10.2 Å². The van der Waals surface area contributed by atoms with Crippen LogP contribution in [0.1, 0.15) is 18.1 Å². The second-order valence-corrected chi connectivity index (χ2v) is 5.47. The van der Waals surface area contributed by atoms with E-state index in [0.717, 1.165) is 32.7 Å². The first-order valence-electron chi connectivity index (χ1n) is 7.28. The predicted molar refractivity (Wildman–Crippen MR) is 79.6 cm³/mol. The molecule has 0 amide bonds. The first-order valence-corrected chi connectivity index (χ1v) is 7.28. The highest BCUT2D eigenvalue weighted by molar-refractivity contribution is 5.26. The lowest BCUT2D eigenvalue weighted by molar-refractivity contribution is -0.0381. The Kier molecular flexibility index (Phi) is 5.37. The van der Waals surface area contributed by atoms with Crippen LogP contribution in [0.25, 0.3) is 0 Å². The van der Waals surface area contributed by atoms with Crippen molar-refractivity contribution in [1.29, 1.82) is 0 Å². The molecule has 1 saturated heterocycles. The number of nitrogens with one attached hydrogen (secondary N) is 1. The third-order valence-corrected chi connectivity index (χ3v) is 3.91. The smallest absolute Gasteiger partial charge is 0.0858 e. The largest absolute Gasteiger partial charge is 0.374 e. The molecule has 0 saturated carbocycles. The van der Waals surface area contributed by atoms with E-state index in [0.29, 0.717) is 12.1 Å². The van der Waals surface area contributed by atoms with Crippen molar-refractivity contribution in [2.45, 2.75) is 32.4 Å². The Balaban J connectivity index is 2.05. The summed E-state index contributed by atoms with van der Waals surface area (Å²) < 4.78 is 5.97. The van der Waals surface area contributed by atoms with Gasteiger partial charge in [0.15, 0.2) is 0 Å². The quantitative estimate of drug-likeness (QED) is 0.876. The molecule has 2 atom stereocenters. The molecule has 1 aromatic rings. The molecule has 0 spiro atoms. The fourth-order valence-corrected chi connectivity index (χ4v) is 2.73. The normalized spacial score (nSPS) is 22.4. The molecule has 0 aromatic heterocycles. The summed E-state index contributed by atoms with van der Waals surface area (Å²) in [5.41, 5.74) is 2.79. The number of nitrogens with zero attached hydrogens (tertiary/aromatic N) is 1. The van der Waals surface area contributed by atoms with Crippen molar-refractivity contribution < 1.29 is 4.74 Å². The van der Waals surface area contributed by atoms with E-state index in [1.807, 2.05) is 0 Å². The number of ether oxygens (including phenoxy) is 1. The Labute approximate surface area is 116 Å². The molecule has 106 valence electrons. The average molecular weight is 262 g/mol. The first-order chi connectivity index (χ1) is 9.20. The van der Waals surface area contributed by atoms with E-state index in [-0.39, 0.29) is 0 Å². The second kappa shape index (κ2) is 7.04. The van der Waals surface area contributed by atoms with Gasteiger partial charge in [-0.1, -0.05) is 31.2 Å². The fourth-order valence-electron chi connectivity index (χ4n) is 2.73. The summed E-state index contributed by atoms with van der Waals surface area (Å²) in [4.78, 5) is 2.36. The van der Waals surface area contributed by atoms with Gasteiger partial charge in [-0.25, -0.2) is 0 Å². The minimum atomic E-state index is 0.290. The standard InChI is InChI=1S/C16H26N2O/c1-4-17-15(16-12-18(3)9-10-19-16)11-14-8-6-5-7-13(14)2/h5-8,15-17H,4,9-12H2,1-3H3. The molecule has 0 aliphatic carbocycles. The van der Waals surface area contributed by atoms with Crippen LogP contribution in [0.15, 0.2) is 24.3 Å². The molecule has 0 radical (unpaired) electrons. The maximum Gasteiger partial charge on any atom is 0.0858 e. The van der Waals surface area contributed by atoms with Crippen LogP contribution in [0.5, 0.6) is 0 Å². The monoisotopic (exact) mass is 262 g/mol. The van der Waals surface area contributed by atoms with E-state index in [9.17, 15) is 0 Å². The molecule has 3 nitrogen and oxygen atoms in total.